The summed E-state index contributed by atoms with van der Waals surface area (Å²) in [6, 6.07) is 9.90. The zero-order valence-corrected chi connectivity index (χ0v) is 12.1. The molecule has 122 valence electrons. The van der Waals surface area contributed by atoms with Gasteiger partial charge in [0.25, 0.3) is 0 Å². The zero-order valence-electron chi connectivity index (χ0n) is 12.1. The first-order chi connectivity index (χ1) is 10.4. The van der Waals surface area contributed by atoms with Gasteiger partial charge in [0.2, 0.25) is 5.91 Å². The number of nitrogens with one attached hydrogen (secondary N) is 1. The lowest BCUT2D eigenvalue weighted by Gasteiger charge is -2.19. The molecular weight excluding hydrogens is 297 g/mol. The lowest BCUT2D eigenvalue weighted by atomic mass is 10.2. The molecule has 0 aromatic heterocycles. The number of para-hydroxylation sites is 1. The van der Waals surface area contributed by atoms with E-state index in [1.807, 2.05) is 30.3 Å². The van der Waals surface area contributed by atoms with Crippen LogP contribution in [0.1, 0.15) is 12.8 Å². The molecule has 1 N–H and O–H groups in total. The summed E-state index contributed by atoms with van der Waals surface area (Å²) in [5.74, 6) is -0.276. The van der Waals surface area contributed by atoms with Crippen molar-refractivity contribution in [2.75, 3.05) is 31.2 Å². The minimum atomic E-state index is -4.35. The molecule has 7 heteroatoms. The minimum Gasteiger partial charge on any atom is -0.372 e. The predicted molar refractivity (Wildman–Crippen MR) is 76.7 cm³/mol. The lowest BCUT2D eigenvalue weighted by Crippen LogP contribution is -2.37. The average Bonchev–Trinajstić information content (AvgIpc) is 2.92. The van der Waals surface area contributed by atoms with E-state index < -0.39 is 12.8 Å². The highest BCUT2D eigenvalue weighted by molar-refractivity contribution is 5.76. The molecule has 2 rings (SSSR count). The number of hydrogen-bond donors (Lipinski definition) is 1. The first kappa shape index (κ1) is 16.6. The second-order valence-electron chi connectivity index (χ2n) is 5.25. The van der Waals surface area contributed by atoms with Crippen LogP contribution in [0.2, 0.25) is 0 Å². The second kappa shape index (κ2) is 7.49. The quantitative estimate of drug-likeness (QED) is 0.819. The molecule has 1 aromatic rings. The SMILES string of the molecule is O=C(CCOCC(F)(F)F)N[C@@H]1CCN(c2ccccc2)C1. The fourth-order valence-corrected chi connectivity index (χ4v) is 2.40. The van der Waals surface area contributed by atoms with Crippen molar-refractivity contribution in [3.05, 3.63) is 30.3 Å². The fourth-order valence-electron chi connectivity index (χ4n) is 2.40. The highest BCUT2D eigenvalue weighted by atomic mass is 19.4. The summed E-state index contributed by atoms with van der Waals surface area (Å²) in [4.78, 5) is 13.8. The Labute approximate surface area is 127 Å². The molecule has 1 aliphatic rings. The van der Waals surface area contributed by atoms with Gasteiger partial charge in [-0.3, -0.25) is 4.79 Å². The second-order valence-corrected chi connectivity index (χ2v) is 5.25. The standard InChI is InChI=1S/C15H19F3N2O2/c16-15(17,18)11-22-9-7-14(21)19-12-6-8-20(10-12)13-4-2-1-3-5-13/h1-5,12H,6-11H2,(H,19,21)/t12-/m1/s1. The van der Waals surface area contributed by atoms with Crippen LogP contribution in [0.25, 0.3) is 0 Å². The van der Waals surface area contributed by atoms with Crippen LogP contribution in [0, 0.1) is 0 Å². The number of carbonyl (C=O) groups excluding carboxylic acids is 1. The van der Waals surface area contributed by atoms with Crippen molar-refractivity contribution in [2.45, 2.75) is 25.1 Å². The Morgan fingerprint density at radius 1 is 1.32 bits per heavy atom. The maximum Gasteiger partial charge on any atom is 0.411 e. The smallest absolute Gasteiger partial charge is 0.372 e. The van der Waals surface area contributed by atoms with Gasteiger partial charge in [0, 0.05) is 31.2 Å². The van der Waals surface area contributed by atoms with Crippen LogP contribution < -0.4 is 10.2 Å². The van der Waals surface area contributed by atoms with Crippen molar-refractivity contribution in [1.29, 1.82) is 0 Å². The monoisotopic (exact) mass is 316 g/mol. The van der Waals surface area contributed by atoms with Crippen LogP contribution in [0.4, 0.5) is 18.9 Å². The third-order valence-electron chi connectivity index (χ3n) is 3.41. The third-order valence-corrected chi connectivity index (χ3v) is 3.41. The molecule has 0 saturated carbocycles. The summed E-state index contributed by atoms with van der Waals surface area (Å²) in [7, 11) is 0. The molecule has 4 nitrogen and oxygen atoms in total. The van der Waals surface area contributed by atoms with E-state index in [1.54, 1.807) is 0 Å². The molecule has 0 bridgehead atoms. The molecule has 0 radical (unpaired) electrons. The Bertz CT molecular complexity index is 479. The summed E-state index contributed by atoms with van der Waals surface area (Å²) in [5, 5.41) is 2.83. The van der Waals surface area contributed by atoms with E-state index in [4.69, 9.17) is 0 Å². The van der Waals surface area contributed by atoms with Crippen molar-refractivity contribution in [3.8, 4) is 0 Å². The summed E-state index contributed by atoms with van der Waals surface area (Å²) in [6.07, 6.45) is -3.58. The molecule has 1 fully saturated rings. The van der Waals surface area contributed by atoms with Crippen LogP contribution in [-0.2, 0) is 9.53 Å². The van der Waals surface area contributed by atoms with Crippen LogP contribution in [-0.4, -0.2) is 44.4 Å². The van der Waals surface area contributed by atoms with E-state index >= 15 is 0 Å². The topological polar surface area (TPSA) is 41.6 Å². The van der Waals surface area contributed by atoms with Crippen molar-refractivity contribution in [1.82, 2.24) is 5.32 Å². The number of rotatable bonds is 6. The molecule has 1 aromatic carbocycles. The Balaban J connectivity index is 1.66. The first-order valence-corrected chi connectivity index (χ1v) is 7.18. The average molecular weight is 316 g/mol. The number of anilines is 1. The van der Waals surface area contributed by atoms with Gasteiger partial charge >= 0.3 is 6.18 Å². The van der Waals surface area contributed by atoms with Crippen molar-refractivity contribution in [3.63, 3.8) is 0 Å². The molecule has 1 atom stereocenters. The van der Waals surface area contributed by atoms with Crippen molar-refractivity contribution < 1.29 is 22.7 Å². The van der Waals surface area contributed by atoms with Gasteiger partial charge in [-0.2, -0.15) is 13.2 Å². The molecule has 1 saturated heterocycles. The molecule has 22 heavy (non-hydrogen) atoms. The van der Waals surface area contributed by atoms with E-state index in [-0.39, 0.29) is 25.0 Å². The maximum absolute atomic E-state index is 11.9. The van der Waals surface area contributed by atoms with Gasteiger partial charge in [-0.15, -0.1) is 0 Å². The number of hydrogen-bond acceptors (Lipinski definition) is 3. The number of amides is 1. The molecule has 0 aliphatic carbocycles. The molecule has 1 heterocycles. The van der Waals surface area contributed by atoms with E-state index in [9.17, 15) is 18.0 Å². The molecular formula is C15H19F3N2O2. The number of ether oxygens (including phenoxy) is 1. The number of alkyl halides is 3. The van der Waals surface area contributed by atoms with E-state index in [0.717, 1.165) is 18.7 Å². The predicted octanol–water partition coefficient (Wildman–Crippen LogP) is 2.35. The Morgan fingerprint density at radius 2 is 2.05 bits per heavy atom. The number of halogens is 3. The van der Waals surface area contributed by atoms with E-state index in [1.165, 1.54) is 0 Å². The zero-order chi connectivity index (χ0) is 16.0. The van der Waals surface area contributed by atoms with Crippen molar-refractivity contribution >= 4 is 11.6 Å². The van der Waals surface area contributed by atoms with Gasteiger partial charge in [0.15, 0.2) is 0 Å². The van der Waals surface area contributed by atoms with Crippen LogP contribution in [0.5, 0.6) is 0 Å². The Hall–Kier alpha value is -1.76. The van der Waals surface area contributed by atoms with Gasteiger partial charge in [0.05, 0.1) is 6.61 Å². The molecule has 1 aliphatic heterocycles. The van der Waals surface area contributed by atoms with Crippen LogP contribution in [0.15, 0.2) is 30.3 Å². The normalized spacial score (nSPS) is 18.5. The van der Waals surface area contributed by atoms with Crippen LogP contribution in [0.3, 0.4) is 0 Å². The highest BCUT2D eigenvalue weighted by Crippen LogP contribution is 2.19. The molecule has 0 spiro atoms. The number of carbonyl (C=O) groups is 1. The van der Waals surface area contributed by atoms with Gasteiger partial charge in [-0.05, 0) is 18.6 Å². The summed E-state index contributed by atoms with van der Waals surface area (Å²) >= 11 is 0. The van der Waals surface area contributed by atoms with E-state index in [0.29, 0.717) is 6.54 Å². The molecule has 1 amide bonds. The highest BCUT2D eigenvalue weighted by Gasteiger charge is 2.27. The minimum absolute atomic E-state index is 0.0234. The maximum atomic E-state index is 11.9. The van der Waals surface area contributed by atoms with Crippen LogP contribution >= 0.6 is 0 Å². The Morgan fingerprint density at radius 3 is 2.73 bits per heavy atom. The van der Waals surface area contributed by atoms with Gasteiger partial charge in [-0.25, -0.2) is 0 Å². The van der Waals surface area contributed by atoms with Gasteiger partial charge < -0.3 is 15.0 Å². The first-order valence-electron chi connectivity index (χ1n) is 7.18. The number of benzene rings is 1. The summed E-state index contributed by atoms with van der Waals surface area (Å²) in [5.41, 5.74) is 1.10. The summed E-state index contributed by atoms with van der Waals surface area (Å²) < 4.78 is 40.1. The largest absolute Gasteiger partial charge is 0.411 e. The Kier molecular flexibility index (Phi) is 5.65. The van der Waals surface area contributed by atoms with E-state index in [2.05, 4.69) is 15.0 Å². The van der Waals surface area contributed by atoms with Gasteiger partial charge in [-0.1, -0.05) is 18.2 Å². The number of nitrogens with zero attached hydrogens (tertiary/aromatic N) is 1. The summed E-state index contributed by atoms with van der Waals surface area (Å²) in [6.45, 7) is 0.0185. The van der Waals surface area contributed by atoms with Crippen molar-refractivity contribution in [2.24, 2.45) is 0 Å². The molecule has 0 unspecified atom stereocenters. The van der Waals surface area contributed by atoms with Gasteiger partial charge in [0.1, 0.15) is 6.61 Å². The lowest BCUT2D eigenvalue weighted by molar-refractivity contribution is -0.174. The third kappa shape index (κ3) is 5.55. The fraction of sp³-hybridized carbons (Fsp3) is 0.533.